The average molecular weight is 301 g/mol. The molecule has 0 bridgehead atoms. The Labute approximate surface area is 110 Å². The molecule has 0 N–H and O–H groups in total. The van der Waals surface area contributed by atoms with Crippen LogP contribution in [0.4, 0.5) is 0 Å². The molecule has 1 atom stereocenters. The highest BCUT2D eigenvalue weighted by molar-refractivity contribution is 9.10. The molecule has 0 fully saturated rings. The molecule has 0 aliphatic heterocycles. The van der Waals surface area contributed by atoms with Crippen molar-refractivity contribution >= 4 is 21.9 Å². The van der Waals surface area contributed by atoms with Gasteiger partial charge in [-0.2, -0.15) is 0 Å². The molecular formula is C13H17BrO3. The van der Waals surface area contributed by atoms with Gasteiger partial charge in [0, 0.05) is 18.2 Å². The van der Waals surface area contributed by atoms with E-state index >= 15 is 0 Å². The summed E-state index contributed by atoms with van der Waals surface area (Å²) in [5, 5.41) is 0. The van der Waals surface area contributed by atoms with Crippen molar-refractivity contribution in [2.45, 2.75) is 19.3 Å². The topological polar surface area (TPSA) is 35.5 Å². The second-order valence-electron chi connectivity index (χ2n) is 3.64. The SMILES string of the molecule is CCOC(=O)C(CCOC)c1ccc(Br)cc1. The van der Waals surface area contributed by atoms with Crippen LogP contribution >= 0.6 is 15.9 Å². The molecule has 1 unspecified atom stereocenters. The predicted octanol–water partition coefficient (Wildman–Crippen LogP) is 3.13. The van der Waals surface area contributed by atoms with Crippen LogP contribution < -0.4 is 0 Å². The van der Waals surface area contributed by atoms with Crippen LogP contribution in [-0.2, 0) is 14.3 Å². The van der Waals surface area contributed by atoms with Gasteiger partial charge in [-0.05, 0) is 31.0 Å². The molecule has 17 heavy (non-hydrogen) atoms. The smallest absolute Gasteiger partial charge is 0.313 e. The molecule has 0 saturated carbocycles. The molecule has 1 rings (SSSR count). The van der Waals surface area contributed by atoms with Crippen molar-refractivity contribution in [2.24, 2.45) is 0 Å². The normalized spacial score (nSPS) is 12.2. The Bertz CT molecular complexity index is 348. The summed E-state index contributed by atoms with van der Waals surface area (Å²) in [7, 11) is 1.63. The third kappa shape index (κ3) is 4.48. The van der Waals surface area contributed by atoms with E-state index in [9.17, 15) is 4.79 Å². The predicted molar refractivity (Wildman–Crippen MR) is 70.0 cm³/mol. The van der Waals surface area contributed by atoms with Crippen LogP contribution in [0, 0.1) is 0 Å². The molecule has 0 radical (unpaired) electrons. The third-order valence-electron chi connectivity index (χ3n) is 2.45. The number of ether oxygens (including phenoxy) is 2. The van der Waals surface area contributed by atoms with E-state index in [1.54, 1.807) is 7.11 Å². The van der Waals surface area contributed by atoms with Gasteiger partial charge in [0.1, 0.15) is 0 Å². The zero-order chi connectivity index (χ0) is 12.7. The van der Waals surface area contributed by atoms with Crippen LogP contribution in [0.1, 0.15) is 24.8 Å². The summed E-state index contributed by atoms with van der Waals surface area (Å²) in [5.41, 5.74) is 0.962. The van der Waals surface area contributed by atoms with Crippen LogP contribution in [0.3, 0.4) is 0 Å². The number of benzene rings is 1. The van der Waals surface area contributed by atoms with Gasteiger partial charge in [0.05, 0.1) is 12.5 Å². The molecule has 0 aromatic heterocycles. The molecule has 94 valence electrons. The minimum absolute atomic E-state index is 0.188. The summed E-state index contributed by atoms with van der Waals surface area (Å²) in [6.45, 7) is 2.76. The Balaban J connectivity index is 2.81. The second-order valence-corrected chi connectivity index (χ2v) is 4.55. The summed E-state index contributed by atoms with van der Waals surface area (Å²) >= 11 is 3.37. The third-order valence-corrected chi connectivity index (χ3v) is 2.98. The van der Waals surface area contributed by atoms with E-state index < -0.39 is 0 Å². The van der Waals surface area contributed by atoms with Gasteiger partial charge in [0.2, 0.25) is 0 Å². The Kier molecular flexibility index (Phi) is 6.22. The number of halogens is 1. The van der Waals surface area contributed by atoms with Crippen LogP contribution in [-0.4, -0.2) is 26.3 Å². The Morgan fingerprint density at radius 2 is 2.00 bits per heavy atom. The van der Waals surface area contributed by atoms with Gasteiger partial charge in [-0.1, -0.05) is 28.1 Å². The molecule has 1 aromatic rings. The van der Waals surface area contributed by atoms with Crippen molar-refractivity contribution in [3.63, 3.8) is 0 Å². The van der Waals surface area contributed by atoms with E-state index in [0.717, 1.165) is 10.0 Å². The minimum Gasteiger partial charge on any atom is -0.466 e. The lowest BCUT2D eigenvalue weighted by atomic mass is 9.96. The van der Waals surface area contributed by atoms with Crippen LogP contribution in [0.25, 0.3) is 0 Å². The van der Waals surface area contributed by atoms with E-state index in [1.165, 1.54) is 0 Å². The molecule has 3 nitrogen and oxygen atoms in total. The van der Waals surface area contributed by atoms with Crippen LogP contribution in [0.15, 0.2) is 28.7 Å². The summed E-state index contributed by atoms with van der Waals surface area (Å²) in [4.78, 5) is 11.8. The fraction of sp³-hybridized carbons (Fsp3) is 0.462. The van der Waals surface area contributed by atoms with Gasteiger partial charge in [0.25, 0.3) is 0 Å². The molecule has 4 heteroatoms. The maximum absolute atomic E-state index is 11.8. The highest BCUT2D eigenvalue weighted by Gasteiger charge is 2.21. The first-order valence-corrected chi connectivity index (χ1v) is 6.39. The number of carbonyl (C=O) groups is 1. The van der Waals surface area contributed by atoms with Crippen LogP contribution in [0.2, 0.25) is 0 Å². The molecule has 0 aliphatic carbocycles. The number of carbonyl (C=O) groups excluding carboxylic acids is 1. The van der Waals surface area contributed by atoms with Gasteiger partial charge in [-0.3, -0.25) is 4.79 Å². The quantitative estimate of drug-likeness (QED) is 0.757. The number of hydrogen-bond acceptors (Lipinski definition) is 3. The van der Waals surface area contributed by atoms with Crippen molar-refractivity contribution in [1.82, 2.24) is 0 Å². The first kappa shape index (κ1) is 14.2. The summed E-state index contributed by atoms with van der Waals surface area (Å²) < 4.78 is 11.1. The molecule has 0 saturated heterocycles. The first-order chi connectivity index (χ1) is 8.19. The van der Waals surface area contributed by atoms with Crippen LogP contribution in [0.5, 0.6) is 0 Å². The fourth-order valence-corrected chi connectivity index (χ4v) is 1.86. The van der Waals surface area contributed by atoms with Crippen molar-refractivity contribution < 1.29 is 14.3 Å². The summed E-state index contributed by atoms with van der Waals surface area (Å²) in [6.07, 6.45) is 0.636. The first-order valence-electron chi connectivity index (χ1n) is 5.60. The number of esters is 1. The zero-order valence-corrected chi connectivity index (χ0v) is 11.7. The van der Waals surface area contributed by atoms with E-state index in [-0.39, 0.29) is 11.9 Å². The number of hydrogen-bond donors (Lipinski definition) is 0. The van der Waals surface area contributed by atoms with E-state index in [0.29, 0.717) is 19.6 Å². The van der Waals surface area contributed by atoms with E-state index in [4.69, 9.17) is 9.47 Å². The Morgan fingerprint density at radius 3 is 2.53 bits per heavy atom. The lowest BCUT2D eigenvalue weighted by Crippen LogP contribution is -2.17. The van der Waals surface area contributed by atoms with Crippen molar-refractivity contribution in [1.29, 1.82) is 0 Å². The van der Waals surface area contributed by atoms with Crippen molar-refractivity contribution in [3.8, 4) is 0 Å². The molecule has 1 aromatic carbocycles. The van der Waals surface area contributed by atoms with Gasteiger partial charge in [-0.25, -0.2) is 0 Å². The summed E-state index contributed by atoms with van der Waals surface area (Å²) in [5.74, 6) is -0.435. The highest BCUT2D eigenvalue weighted by atomic mass is 79.9. The maximum Gasteiger partial charge on any atom is 0.313 e. The largest absolute Gasteiger partial charge is 0.466 e. The van der Waals surface area contributed by atoms with Gasteiger partial charge in [-0.15, -0.1) is 0 Å². The van der Waals surface area contributed by atoms with E-state index in [1.807, 2.05) is 31.2 Å². The summed E-state index contributed by atoms with van der Waals surface area (Å²) in [6, 6.07) is 7.71. The Hall–Kier alpha value is -0.870. The molecular weight excluding hydrogens is 284 g/mol. The molecule has 0 spiro atoms. The van der Waals surface area contributed by atoms with Gasteiger partial charge >= 0.3 is 5.97 Å². The van der Waals surface area contributed by atoms with Gasteiger partial charge in [0.15, 0.2) is 0 Å². The van der Waals surface area contributed by atoms with E-state index in [2.05, 4.69) is 15.9 Å². The lowest BCUT2D eigenvalue weighted by Gasteiger charge is -2.15. The molecule has 0 aliphatic rings. The lowest BCUT2D eigenvalue weighted by molar-refractivity contribution is -0.145. The van der Waals surface area contributed by atoms with Crippen molar-refractivity contribution in [3.05, 3.63) is 34.3 Å². The van der Waals surface area contributed by atoms with Gasteiger partial charge < -0.3 is 9.47 Å². The second kappa shape index (κ2) is 7.45. The zero-order valence-electron chi connectivity index (χ0n) is 10.1. The maximum atomic E-state index is 11.8. The molecule has 0 amide bonds. The number of methoxy groups -OCH3 is 1. The standard InChI is InChI=1S/C13H17BrO3/c1-3-17-13(15)12(8-9-16-2)10-4-6-11(14)7-5-10/h4-7,12H,3,8-9H2,1-2H3. The Morgan fingerprint density at radius 1 is 1.35 bits per heavy atom. The minimum atomic E-state index is -0.247. The number of rotatable bonds is 6. The van der Waals surface area contributed by atoms with Crippen molar-refractivity contribution in [2.75, 3.05) is 20.3 Å². The molecule has 0 heterocycles. The monoisotopic (exact) mass is 300 g/mol. The average Bonchev–Trinajstić information content (AvgIpc) is 2.32. The highest BCUT2D eigenvalue weighted by Crippen LogP contribution is 2.23. The fourth-order valence-electron chi connectivity index (χ4n) is 1.59.